The number of nitrogens with zero attached hydrogens (tertiary/aromatic N) is 3. The predicted octanol–water partition coefficient (Wildman–Crippen LogP) is 0.724. The summed E-state index contributed by atoms with van der Waals surface area (Å²) < 4.78 is 0. The average Bonchev–Trinajstić information content (AvgIpc) is 2.53. The summed E-state index contributed by atoms with van der Waals surface area (Å²) in [6.07, 6.45) is 3.68. The van der Waals surface area contributed by atoms with E-state index in [-0.39, 0.29) is 18.4 Å². The number of primary amides is 1. The van der Waals surface area contributed by atoms with Gasteiger partial charge in [0.05, 0.1) is 24.1 Å². The third-order valence-electron chi connectivity index (χ3n) is 3.44. The van der Waals surface area contributed by atoms with Gasteiger partial charge in [-0.3, -0.25) is 4.79 Å². The summed E-state index contributed by atoms with van der Waals surface area (Å²) in [4.78, 5) is 33.2. The van der Waals surface area contributed by atoms with Crippen LogP contribution in [0.4, 0.5) is 10.5 Å². The fourth-order valence-corrected chi connectivity index (χ4v) is 2.20. The number of aromatic nitrogens is 2. The van der Waals surface area contributed by atoms with E-state index >= 15 is 0 Å². The number of hydrogen-bond donors (Lipinski definition) is 2. The lowest BCUT2D eigenvalue weighted by Gasteiger charge is -2.30. The summed E-state index contributed by atoms with van der Waals surface area (Å²) in [5.41, 5.74) is 6.53. The third-order valence-corrected chi connectivity index (χ3v) is 3.44. The Morgan fingerprint density at radius 2 is 2.42 bits per heavy atom. The number of nitrogens with one attached hydrogen (secondary N) is 1. The standard InChI is InChI=1S/C12H17N5O2/c1-3-7(2)10-11(18)16-8-4-14-6-15-9(8)5-17(10)12(13)19/h4,6-7,10H,3,5H2,1-2H3,(H2,13,19)(H,16,18). The van der Waals surface area contributed by atoms with Crippen molar-refractivity contribution < 1.29 is 9.59 Å². The molecule has 102 valence electrons. The quantitative estimate of drug-likeness (QED) is 0.821. The van der Waals surface area contributed by atoms with Crippen LogP contribution < -0.4 is 11.1 Å². The number of anilines is 1. The van der Waals surface area contributed by atoms with Crippen LogP contribution in [-0.4, -0.2) is 32.8 Å². The Morgan fingerprint density at radius 1 is 1.68 bits per heavy atom. The highest BCUT2D eigenvalue weighted by Gasteiger charge is 2.36. The van der Waals surface area contributed by atoms with Gasteiger partial charge in [-0.15, -0.1) is 0 Å². The molecule has 3 N–H and O–H groups in total. The molecule has 1 aromatic heterocycles. The van der Waals surface area contributed by atoms with Gasteiger partial charge in [-0.25, -0.2) is 14.8 Å². The van der Waals surface area contributed by atoms with Crippen LogP contribution in [0.5, 0.6) is 0 Å². The lowest BCUT2D eigenvalue weighted by atomic mass is 9.97. The Kier molecular flexibility index (Phi) is 3.64. The zero-order valence-electron chi connectivity index (χ0n) is 11.0. The number of hydrogen-bond acceptors (Lipinski definition) is 4. The molecule has 1 aliphatic rings. The van der Waals surface area contributed by atoms with Crippen LogP contribution in [0.1, 0.15) is 26.0 Å². The molecule has 0 radical (unpaired) electrons. The Labute approximate surface area is 111 Å². The number of nitrogens with two attached hydrogens (primary N) is 1. The zero-order valence-corrected chi connectivity index (χ0v) is 11.0. The van der Waals surface area contributed by atoms with E-state index in [1.165, 1.54) is 17.4 Å². The van der Waals surface area contributed by atoms with Gasteiger partial charge in [-0.05, 0) is 5.92 Å². The van der Waals surface area contributed by atoms with Gasteiger partial charge in [0.15, 0.2) is 0 Å². The summed E-state index contributed by atoms with van der Waals surface area (Å²) in [6, 6.07) is -1.20. The average molecular weight is 263 g/mol. The first-order chi connectivity index (χ1) is 9.04. The van der Waals surface area contributed by atoms with Gasteiger partial charge in [-0.1, -0.05) is 20.3 Å². The van der Waals surface area contributed by atoms with Gasteiger partial charge in [0.1, 0.15) is 12.4 Å². The molecule has 2 rings (SSSR count). The molecule has 19 heavy (non-hydrogen) atoms. The Morgan fingerprint density at radius 3 is 3.05 bits per heavy atom. The Hall–Kier alpha value is -2.18. The second-order valence-electron chi connectivity index (χ2n) is 4.67. The molecular weight excluding hydrogens is 246 g/mol. The van der Waals surface area contributed by atoms with Crippen molar-refractivity contribution in [2.24, 2.45) is 11.7 Å². The van der Waals surface area contributed by atoms with Gasteiger partial charge in [-0.2, -0.15) is 0 Å². The monoisotopic (exact) mass is 263 g/mol. The maximum Gasteiger partial charge on any atom is 0.315 e. The molecule has 0 saturated heterocycles. The maximum atomic E-state index is 12.3. The number of fused-ring (bicyclic) bond motifs is 1. The summed E-state index contributed by atoms with van der Waals surface area (Å²) in [5, 5.41) is 2.76. The lowest BCUT2D eigenvalue weighted by molar-refractivity contribution is -0.121. The molecule has 1 aromatic rings. The second kappa shape index (κ2) is 5.21. The van der Waals surface area contributed by atoms with E-state index < -0.39 is 12.1 Å². The fraction of sp³-hybridized carbons (Fsp3) is 0.500. The number of carbonyl (C=O) groups is 2. The molecule has 2 atom stereocenters. The van der Waals surface area contributed by atoms with E-state index in [4.69, 9.17) is 5.73 Å². The highest BCUT2D eigenvalue weighted by molar-refractivity contribution is 5.98. The molecule has 0 bridgehead atoms. The van der Waals surface area contributed by atoms with Crippen LogP contribution >= 0.6 is 0 Å². The summed E-state index contributed by atoms with van der Waals surface area (Å²) in [6.45, 7) is 4.09. The molecule has 1 aliphatic heterocycles. The number of amides is 3. The largest absolute Gasteiger partial charge is 0.351 e. The molecule has 7 heteroatoms. The fourth-order valence-electron chi connectivity index (χ4n) is 2.20. The van der Waals surface area contributed by atoms with Crippen molar-refractivity contribution in [1.29, 1.82) is 0 Å². The van der Waals surface area contributed by atoms with Crippen molar-refractivity contribution in [2.75, 3.05) is 5.32 Å². The molecule has 2 heterocycles. The summed E-state index contributed by atoms with van der Waals surface area (Å²) in [7, 11) is 0. The van der Waals surface area contributed by atoms with Crippen molar-refractivity contribution >= 4 is 17.6 Å². The van der Waals surface area contributed by atoms with Gasteiger partial charge in [0, 0.05) is 0 Å². The summed E-state index contributed by atoms with van der Waals surface area (Å²) >= 11 is 0. The smallest absolute Gasteiger partial charge is 0.315 e. The molecule has 0 saturated carbocycles. The SMILES string of the molecule is CCC(C)C1C(=O)Nc2cncnc2CN1C(N)=O. The second-order valence-corrected chi connectivity index (χ2v) is 4.67. The zero-order chi connectivity index (χ0) is 14.0. The van der Waals surface area contributed by atoms with Crippen molar-refractivity contribution in [3.05, 3.63) is 18.2 Å². The van der Waals surface area contributed by atoms with E-state index in [0.29, 0.717) is 11.4 Å². The van der Waals surface area contributed by atoms with E-state index in [0.717, 1.165) is 6.42 Å². The van der Waals surface area contributed by atoms with Crippen LogP contribution in [-0.2, 0) is 11.3 Å². The lowest BCUT2D eigenvalue weighted by Crippen LogP contribution is -2.50. The van der Waals surface area contributed by atoms with Crippen LogP contribution in [0.3, 0.4) is 0 Å². The number of urea groups is 1. The third kappa shape index (κ3) is 2.49. The highest BCUT2D eigenvalue weighted by atomic mass is 16.2. The topological polar surface area (TPSA) is 101 Å². The van der Waals surface area contributed by atoms with Crippen LogP contribution in [0, 0.1) is 5.92 Å². The highest BCUT2D eigenvalue weighted by Crippen LogP contribution is 2.24. The predicted molar refractivity (Wildman–Crippen MR) is 69.0 cm³/mol. The van der Waals surface area contributed by atoms with Crippen LogP contribution in [0.25, 0.3) is 0 Å². The summed E-state index contributed by atoms with van der Waals surface area (Å²) in [5.74, 6) is -0.239. The van der Waals surface area contributed by atoms with Gasteiger partial charge in [0.25, 0.3) is 0 Å². The number of rotatable bonds is 2. The molecule has 0 fully saturated rings. The first-order valence-electron chi connectivity index (χ1n) is 6.20. The van der Waals surface area contributed by atoms with E-state index in [9.17, 15) is 9.59 Å². The van der Waals surface area contributed by atoms with Crippen LogP contribution in [0.2, 0.25) is 0 Å². The maximum absolute atomic E-state index is 12.3. The molecule has 3 amide bonds. The minimum Gasteiger partial charge on any atom is -0.351 e. The molecular formula is C12H17N5O2. The van der Waals surface area contributed by atoms with Crippen molar-refractivity contribution in [3.8, 4) is 0 Å². The van der Waals surface area contributed by atoms with Crippen molar-refractivity contribution in [3.63, 3.8) is 0 Å². The van der Waals surface area contributed by atoms with Crippen LogP contribution in [0.15, 0.2) is 12.5 Å². The van der Waals surface area contributed by atoms with Crippen molar-refractivity contribution in [1.82, 2.24) is 14.9 Å². The molecule has 0 aromatic carbocycles. The normalized spacial score (nSPS) is 20.2. The Bertz CT molecular complexity index is 505. The first-order valence-corrected chi connectivity index (χ1v) is 6.20. The van der Waals surface area contributed by atoms with E-state index in [1.54, 1.807) is 0 Å². The minimum absolute atomic E-state index is 0.00905. The number of carbonyl (C=O) groups excluding carboxylic acids is 2. The molecule has 7 nitrogen and oxygen atoms in total. The van der Waals surface area contributed by atoms with E-state index in [2.05, 4.69) is 15.3 Å². The van der Waals surface area contributed by atoms with Crippen molar-refractivity contribution in [2.45, 2.75) is 32.9 Å². The van der Waals surface area contributed by atoms with E-state index in [1.807, 2.05) is 13.8 Å². The van der Waals surface area contributed by atoms with Gasteiger partial charge >= 0.3 is 6.03 Å². The minimum atomic E-state index is -0.619. The first kappa shape index (κ1) is 13.3. The molecule has 2 unspecified atom stereocenters. The van der Waals surface area contributed by atoms with Gasteiger partial charge < -0.3 is 16.0 Å². The Balaban J connectivity index is 2.42. The molecule has 0 spiro atoms. The molecule has 0 aliphatic carbocycles. The van der Waals surface area contributed by atoms with Gasteiger partial charge in [0.2, 0.25) is 5.91 Å².